The third-order valence-corrected chi connectivity index (χ3v) is 7.00. The average Bonchev–Trinajstić information content (AvgIpc) is 3.17. The highest BCUT2D eigenvalue weighted by atomic mass is 16.3. The molecule has 0 radical (unpaired) electrons. The van der Waals surface area contributed by atoms with Gasteiger partial charge in [0.05, 0.1) is 6.26 Å². The summed E-state index contributed by atoms with van der Waals surface area (Å²) >= 11 is 0. The zero-order chi connectivity index (χ0) is 22.1. The second-order valence-electron chi connectivity index (χ2n) is 9.73. The molecule has 3 N–H and O–H groups in total. The van der Waals surface area contributed by atoms with Crippen molar-refractivity contribution < 1.29 is 23.6 Å². The van der Waals surface area contributed by atoms with Crippen molar-refractivity contribution in [3.63, 3.8) is 0 Å². The largest absolute Gasteiger partial charge is 0.459 e. The standard InChI is InChI=1S/C23H31N3O5/c1-22(9-2-3-10-22)14-16(25-20(29)17-6-4-13-31-17)19(28)26-23(11-5-12-23)18(27)21(30)24-15-7-8-15/h4,6,13,15-16H,2-3,5,7-12,14H2,1H3,(H,24,30)(H,25,29)(H,26,28)/t16-/m0/s1. The number of amides is 3. The van der Waals surface area contributed by atoms with Crippen LogP contribution in [0.15, 0.2) is 22.8 Å². The van der Waals surface area contributed by atoms with E-state index in [0.29, 0.717) is 19.3 Å². The van der Waals surface area contributed by atoms with E-state index in [1.165, 1.54) is 6.26 Å². The van der Waals surface area contributed by atoms with Crippen LogP contribution in [0.2, 0.25) is 0 Å². The summed E-state index contributed by atoms with van der Waals surface area (Å²) in [6.07, 6.45) is 9.47. The number of hydrogen-bond acceptors (Lipinski definition) is 5. The Morgan fingerprint density at radius 1 is 1.10 bits per heavy atom. The van der Waals surface area contributed by atoms with Crippen LogP contribution in [0.25, 0.3) is 0 Å². The lowest BCUT2D eigenvalue weighted by Gasteiger charge is -2.41. The van der Waals surface area contributed by atoms with Crippen molar-refractivity contribution in [2.45, 2.75) is 88.8 Å². The molecule has 1 atom stereocenters. The van der Waals surface area contributed by atoms with Gasteiger partial charge in [-0.1, -0.05) is 19.8 Å². The fourth-order valence-electron chi connectivity index (χ4n) is 4.73. The summed E-state index contributed by atoms with van der Waals surface area (Å²) in [7, 11) is 0. The topological polar surface area (TPSA) is 118 Å². The fraction of sp³-hybridized carbons (Fsp3) is 0.652. The second kappa shape index (κ2) is 8.48. The van der Waals surface area contributed by atoms with Gasteiger partial charge >= 0.3 is 0 Å². The molecule has 0 saturated heterocycles. The van der Waals surface area contributed by atoms with Gasteiger partial charge in [0.2, 0.25) is 11.7 Å². The van der Waals surface area contributed by atoms with Gasteiger partial charge in [-0.15, -0.1) is 0 Å². The Morgan fingerprint density at radius 3 is 2.35 bits per heavy atom. The minimum Gasteiger partial charge on any atom is -0.459 e. The van der Waals surface area contributed by atoms with Crippen LogP contribution in [-0.4, -0.2) is 41.1 Å². The Labute approximate surface area is 181 Å². The second-order valence-corrected chi connectivity index (χ2v) is 9.73. The van der Waals surface area contributed by atoms with Crippen molar-refractivity contribution in [3.05, 3.63) is 24.2 Å². The van der Waals surface area contributed by atoms with E-state index in [1.807, 2.05) is 0 Å². The average molecular weight is 430 g/mol. The number of carbonyl (C=O) groups excluding carboxylic acids is 4. The molecule has 4 rings (SSSR count). The number of nitrogens with one attached hydrogen (secondary N) is 3. The number of carbonyl (C=O) groups is 4. The van der Waals surface area contributed by atoms with Gasteiger partial charge in [0.1, 0.15) is 11.6 Å². The van der Waals surface area contributed by atoms with Gasteiger partial charge < -0.3 is 20.4 Å². The molecule has 3 aliphatic rings. The first-order valence-corrected chi connectivity index (χ1v) is 11.3. The van der Waals surface area contributed by atoms with E-state index >= 15 is 0 Å². The Bertz CT molecular complexity index is 849. The van der Waals surface area contributed by atoms with Crippen molar-refractivity contribution in [1.82, 2.24) is 16.0 Å². The van der Waals surface area contributed by atoms with Crippen LogP contribution in [0.3, 0.4) is 0 Å². The maximum Gasteiger partial charge on any atom is 0.290 e. The Balaban J connectivity index is 1.47. The molecule has 8 heteroatoms. The Kier molecular flexibility index (Phi) is 5.90. The van der Waals surface area contributed by atoms with E-state index in [-0.39, 0.29) is 17.2 Å². The minimum atomic E-state index is -1.17. The van der Waals surface area contributed by atoms with E-state index in [2.05, 4.69) is 22.9 Å². The maximum atomic E-state index is 13.3. The molecule has 168 valence electrons. The number of rotatable bonds is 9. The highest BCUT2D eigenvalue weighted by molar-refractivity contribution is 6.40. The lowest BCUT2D eigenvalue weighted by Crippen LogP contribution is -2.65. The first-order chi connectivity index (χ1) is 14.8. The molecule has 1 aromatic heterocycles. The number of hydrogen-bond donors (Lipinski definition) is 3. The predicted molar refractivity (Wildman–Crippen MR) is 112 cm³/mol. The SMILES string of the molecule is CC1(C[C@H](NC(=O)c2ccco2)C(=O)NC2(C(=O)C(=O)NC3CC3)CCC2)CCCC1. The molecule has 0 spiro atoms. The van der Waals surface area contributed by atoms with E-state index in [1.54, 1.807) is 12.1 Å². The van der Waals surface area contributed by atoms with Gasteiger partial charge in [-0.2, -0.15) is 0 Å². The van der Waals surface area contributed by atoms with Crippen LogP contribution in [0.4, 0.5) is 0 Å². The molecule has 3 fully saturated rings. The van der Waals surface area contributed by atoms with Crippen LogP contribution in [0.5, 0.6) is 0 Å². The van der Waals surface area contributed by atoms with E-state index in [0.717, 1.165) is 44.9 Å². The molecule has 1 aromatic rings. The molecule has 0 unspecified atom stereocenters. The monoisotopic (exact) mass is 429 g/mol. The van der Waals surface area contributed by atoms with Crippen molar-refractivity contribution in [2.24, 2.45) is 5.41 Å². The fourth-order valence-corrected chi connectivity index (χ4v) is 4.73. The molecule has 3 saturated carbocycles. The summed E-state index contributed by atoms with van der Waals surface area (Å²) in [5.74, 6) is -1.95. The van der Waals surface area contributed by atoms with Crippen LogP contribution in [0, 0.1) is 5.41 Å². The zero-order valence-corrected chi connectivity index (χ0v) is 18.0. The van der Waals surface area contributed by atoms with Crippen molar-refractivity contribution in [2.75, 3.05) is 0 Å². The number of Topliss-reactive ketones (excluding diaryl/α,β-unsaturated/α-hetero) is 1. The molecule has 0 aromatic carbocycles. The van der Waals surface area contributed by atoms with Crippen molar-refractivity contribution in [3.8, 4) is 0 Å². The predicted octanol–water partition coefficient (Wildman–Crippen LogP) is 2.23. The van der Waals surface area contributed by atoms with Gasteiger partial charge in [0.25, 0.3) is 11.8 Å². The Hall–Kier alpha value is -2.64. The third kappa shape index (κ3) is 4.83. The highest BCUT2D eigenvalue weighted by Crippen LogP contribution is 2.41. The Morgan fingerprint density at radius 2 is 1.81 bits per heavy atom. The van der Waals surface area contributed by atoms with Crippen molar-refractivity contribution >= 4 is 23.5 Å². The number of furan rings is 1. The maximum absolute atomic E-state index is 13.3. The summed E-state index contributed by atoms with van der Waals surface area (Å²) in [4.78, 5) is 51.1. The molecule has 0 aliphatic heterocycles. The van der Waals surface area contributed by atoms with Gasteiger partial charge in [0, 0.05) is 6.04 Å². The van der Waals surface area contributed by atoms with Gasteiger partial charge in [-0.25, -0.2) is 0 Å². The molecular formula is C23H31N3O5. The summed E-state index contributed by atoms with van der Waals surface area (Å²) in [6.45, 7) is 2.13. The smallest absolute Gasteiger partial charge is 0.290 e. The molecule has 0 bridgehead atoms. The molecule has 8 nitrogen and oxygen atoms in total. The summed E-state index contributed by atoms with van der Waals surface area (Å²) in [5, 5.41) is 8.37. The molecule has 3 amide bonds. The van der Waals surface area contributed by atoms with Gasteiger partial charge in [-0.3, -0.25) is 19.2 Å². The third-order valence-electron chi connectivity index (χ3n) is 7.00. The lowest BCUT2D eigenvalue weighted by atomic mass is 9.72. The quantitative estimate of drug-likeness (QED) is 0.521. The highest BCUT2D eigenvalue weighted by Gasteiger charge is 2.50. The van der Waals surface area contributed by atoms with Crippen molar-refractivity contribution in [1.29, 1.82) is 0 Å². The van der Waals surface area contributed by atoms with Crippen LogP contribution in [-0.2, 0) is 14.4 Å². The first-order valence-electron chi connectivity index (χ1n) is 11.3. The normalized spacial score (nSPS) is 22.1. The summed E-state index contributed by atoms with van der Waals surface area (Å²) in [5.41, 5.74) is -1.22. The van der Waals surface area contributed by atoms with E-state index < -0.39 is 35.1 Å². The number of ketones is 1. The van der Waals surface area contributed by atoms with E-state index in [4.69, 9.17) is 4.42 Å². The zero-order valence-electron chi connectivity index (χ0n) is 18.0. The first kappa shape index (κ1) is 21.6. The molecular weight excluding hydrogens is 398 g/mol. The molecule has 1 heterocycles. The van der Waals surface area contributed by atoms with E-state index in [9.17, 15) is 19.2 Å². The summed E-state index contributed by atoms with van der Waals surface area (Å²) in [6, 6.07) is 2.42. The van der Waals surface area contributed by atoms with Crippen LogP contribution in [0.1, 0.15) is 81.7 Å². The van der Waals surface area contributed by atoms with Gasteiger partial charge in [0.15, 0.2) is 5.76 Å². The lowest BCUT2D eigenvalue weighted by molar-refractivity contribution is -0.146. The van der Waals surface area contributed by atoms with Crippen LogP contribution >= 0.6 is 0 Å². The molecule has 3 aliphatic carbocycles. The van der Waals surface area contributed by atoms with Gasteiger partial charge in [-0.05, 0) is 68.9 Å². The minimum absolute atomic E-state index is 0.0570. The van der Waals surface area contributed by atoms with Crippen LogP contribution < -0.4 is 16.0 Å². The molecule has 31 heavy (non-hydrogen) atoms. The summed E-state index contributed by atoms with van der Waals surface area (Å²) < 4.78 is 5.17.